The Labute approximate surface area is 332 Å². The molecule has 0 unspecified atom stereocenters. The van der Waals surface area contributed by atoms with Crippen molar-refractivity contribution in [2.24, 2.45) is 5.41 Å². The van der Waals surface area contributed by atoms with Gasteiger partial charge in [0.05, 0.1) is 24.2 Å². The van der Waals surface area contributed by atoms with Crippen molar-refractivity contribution in [2.75, 3.05) is 30.9 Å². The smallest absolute Gasteiger partial charge is 0.410 e. The third-order valence-corrected chi connectivity index (χ3v) is 12.4. The summed E-state index contributed by atoms with van der Waals surface area (Å²) in [5, 5.41) is 4.74. The predicted octanol–water partition coefficient (Wildman–Crippen LogP) is 6.30. The molecule has 0 saturated carbocycles. The van der Waals surface area contributed by atoms with Crippen LogP contribution in [0.4, 0.5) is 10.6 Å². The van der Waals surface area contributed by atoms with Crippen LogP contribution in [-0.4, -0.2) is 81.3 Å². The number of para-hydroxylation sites is 2. The van der Waals surface area contributed by atoms with Gasteiger partial charge in [-0.3, -0.25) is 18.9 Å². The molecular weight excluding hydrogens is 747 g/mol. The van der Waals surface area contributed by atoms with E-state index in [1.54, 1.807) is 59.4 Å². The number of anilines is 1. The second-order valence-electron chi connectivity index (χ2n) is 16.5. The Kier molecular flexibility index (Phi) is 10.6. The molecule has 302 valence electrons. The van der Waals surface area contributed by atoms with Gasteiger partial charge in [0.2, 0.25) is 5.91 Å². The van der Waals surface area contributed by atoms with E-state index in [4.69, 9.17) is 14.2 Å². The van der Waals surface area contributed by atoms with Gasteiger partial charge in [0, 0.05) is 66.4 Å². The number of aryl methyl sites for hydroxylation is 3. The number of sulfonamides is 1. The Morgan fingerprint density at radius 2 is 1.70 bits per heavy atom. The molecule has 2 aliphatic rings. The highest BCUT2D eigenvalue weighted by atomic mass is 32.2. The molecular formula is C42H51N7O7S. The minimum absolute atomic E-state index is 0.0406. The number of nitrogens with one attached hydrogen (secondary N) is 1. The zero-order chi connectivity index (χ0) is 40.9. The van der Waals surface area contributed by atoms with Gasteiger partial charge in [-0.25, -0.2) is 18.2 Å². The Balaban J connectivity index is 1.17. The number of fused-ring (bicyclic) bond motifs is 1. The highest BCUT2D eigenvalue weighted by Gasteiger charge is 2.50. The molecule has 5 heterocycles. The fourth-order valence-electron chi connectivity index (χ4n) is 7.85. The number of ether oxygens (including phenoxy) is 1. The van der Waals surface area contributed by atoms with Crippen LogP contribution in [0.25, 0.3) is 16.6 Å². The number of hydrogen-bond donors (Lipinski definition) is 1. The average molecular weight is 798 g/mol. The van der Waals surface area contributed by atoms with Crippen molar-refractivity contribution in [3.63, 3.8) is 0 Å². The van der Waals surface area contributed by atoms with E-state index in [1.165, 1.54) is 0 Å². The van der Waals surface area contributed by atoms with Crippen LogP contribution in [0.3, 0.4) is 0 Å². The van der Waals surface area contributed by atoms with E-state index in [-0.39, 0.29) is 46.7 Å². The van der Waals surface area contributed by atoms with E-state index in [0.717, 1.165) is 35.7 Å². The monoisotopic (exact) mass is 797 g/mol. The lowest BCUT2D eigenvalue weighted by Crippen LogP contribution is -2.60. The highest BCUT2D eigenvalue weighted by Crippen LogP contribution is 2.40. The lowest BCUT2D eigenvalue weighted by Gasteiger charge is -2.48. The van der Waals surface area contributed by atoms with Crippen LogP contribution >= 0.6 is 0 Å². The number of unbranched alkanes of at least 4 members (excludes halogenated alkanes) is 1. The van der Waals surface area contributed by atoms with Gasteiger partial charge in [0.15, 0.2) is 5.82 Å². The number of hydrogen-bond acceptors (Lipinski definition) is 9. The third-order valence-electron chi connectivity index (χ3n) is 11.1. The second-order valence-corrected chi connectivity index (χ2v) is 18.1. The molecule has 0 atom stereocenters. The van der Waals surface area contributed by atoms with Crippen molar-refractivity contribution in [3.8, 4) is 5.69 Å². The van der Waals surface area contributed by atoms with Crippen molar-refractivity contribution in [1.82, 2.24) is 29.1 Å². The molecule has 0 radical (unpaired) electrons. The lowest BCUT2D eigenvalue weighted by molar-refractivity contribution is -0.141. The summed E-state index contributed by atoms with van der Waals surface area (Å²) < 4.78 is 44.6. The highest BCUT2D eigenvalue weighted by molar-refractivity contribution is 7.92. The Morgan fingerprint density at radius 1 is 1.00 bits per heavy atom. The average Bonchev–Trinajstić information content (AvgIpc) is 3.85. The number of aromatic nitrogens is 4. The molecule has 2 fully saturated rings. The normalized spacial score (nSPS) is 15.4. The molecule has 5 aromatic rings. The summed E-state index contributed by atoms with van der Waals surface area (Å²) in [5.74, 6) is 1.12. The molecule has 15 heteroatoms. The van der Waals surface area contributed by atoms with Gasteiger partial charge in [-0.2, -0.15) is 0 Å². The summed E-state index contributed by atoms with van der Waals surface area (Å²) in [4.78, 5) is 49.4. The topological polar surface area (TPSA) is 162 Å². The zero-order valence-electron chi connectivity index (χ0n) is 33.7. The second kappa shape index (κ2) is 15.1. The first kappa shape index (κ1) is 39.8. The molecule has 2 aromatic carbocycles. The fraction of sp³-hybridized carbons (Fsp3) is 0.452. The molecule has 0 aliphatic carbocycles. The van der Waals surface area contributed by atoms with Crippen LogP contribution in [0, 0.1) is 26.2 Å². The van der Waals surface area contributed by atoms with Gasteiger partial charge in [-0.05, 0) is 78.1 Å². The first-order chi connectivity index (χ1) is 27.0. The molecule has 14 nitrogen and oxygen atoms in total. The first-order valence-electron chi connectivity index (χ1n) is 19.5. The van der Waals surface area contributed by atoms with Crippen molar-refractivity contribution < 1.29 is 27.3 Å². The Morgan fingerprint density at radius 3 is 2.40 bits per heavy atom. The molecule has 1 spiro atoms. The maximum absolute atomic E-state index is 14.5. The largest absolute Gasteiger partial charge is 0.444 e. The van der Waals surface area contributed by atoms with Crippen LogP contribution in [-0.2, 0) is 38.9 Å². The van der Waals surface area contributed by atoms with E-state index >= 15 is 0 Å². The number of carbonyl (C=O) groups excluding carboxylic acids is 2. The number of benzene rings is 2. The van der Waals surface area contributed by atoms with Crippen molar-refractivity contribution in [1.29, 1.82) is 0 Å². The summed E-state index contributed by atoms with van der Waals surface area (Å²) in [5.41, 5.74) is 2.43. The molecule has 2 saturated heterocycles. The van der Waals surface area contributed by atoms with Crippen LogP contribution in [0.1, 0.15) is 80.9 Å². The van der Waals surface area contributed by atoms with Gasteiger partial charge in [-0.15, -0.1) is 0 Å². The van der Waals surface area contributed by atoms with Gasteiger partial charge in [-0.1, -0.05) is 48.8 Å². The van der Waals surface area contributed by atoms with Crippen molar-refractivity contribution in [2.45, 2.75) is 97.6 Å². The number of nitrogens with zero attached hydrogens (tertiary/aromatic N) is 6. The number of likely N-dealkylation sites (tertiary alicyclic amines) is 2. The van der Waals surface area contributed by atoms with Crippen LogP contribution in [0.5, 0.6) is 0 Å². The first-order valence-corrected chi connectivity index (χ1v) is 21.0. The minimum atomic E-state index is -4.11. The van der Waals surface area contributed by atoms with Crippen LogP contribution < -0.4 is 10.3 Å². The SMILES string of the molecule is CCCCc1nc(C)c(CC(=O)N2CC3(CCN(C(=O)OC(C)(C)C)C3)C2)c(=O)n1Cc1cn(-c2ccccc2S(=O)(=O)Nc2noc(C)c2C)c2ccccc12. The summed E-state index contributed by atoms with van der Waals surface area (Å²) in [7, 11) is -4.11. The molecule has 2 amide bonds. The van der Waals surface area contributed by atoms with Crippen LogP contribution in [0.2, 0.25) is 0 Å². The molecule has 2 aliphatic heterocycles. The molecule has 1 N–H and O–H groups in total. The van der Waals surface area contributed by atoms with E-state index in [0.29, 0.717) is 66.7 Å². The third kappa shape index (κ3) is 7.94. The quantitative estimate of drug-likeness (QED) is 0.162. The number of amides is 2. The number of carbonyl (C=O) groups is 2. The van der Waals surface area contributed by atoms with Gasteiger partial charge in [0.25, 0.3) is 15.6 Å². The maximum Gasteiger partial charge on any atom is 0.410 e. The zero-order valence-corrected chi connectivity index (χ0v) is 34.5. The van der Waals surface area contributed by atoms with Crippen molar-refractivity contribution in [3.05, 3.63) is 99.1 Å². The van der Waals surface area contributed by atoms with E-state index in [1.807, 2.05) is 55.8 Å². The maximum atomic E-state index is 14.5. The van der Waals surface area contributed by atoms with Crippen LogP contribution in [0.15, 0.2) is 68.9 Å². The van der Waals surface area contributed by atoms with Gasteiger partial charge in [0.1, 0.15) is 22.1 Å². The molecule has 7 rings (SSSR count). The van der Waals surface area contributed by atoms with Gasteiger partial charge >= 0.3 is 6.09 Å². The standard InChI is InChI=1S/C42H51N7O7S/c1-8-9-18-36-43-28(3)32(21-37(50)47-25-42(26-47)19-20-46(24-42)40(52)55-41(5,6)7)39(51)49(36)23-30-22-48(33-15-11-10-14-31(30)33)34-16-12-13-17-35(34)57(53,54)45-38-27(2)29(4)56-44-38/h10-17,22H,8-9,18-21,23-26H2,1-7H3,(H,44,45). The predicted molar refractivity (Wildman–Crippen MR) is 216 cm³/mol. The molecule has 0 bridgehead atoms. The van der Waals surface area contributed by atoms with E-state index in [9.17, 15) is 22.8 Å². The summed E-state index contributed by atoms with van der Waals surface area (Å²) in [6, 6.07) is 14.4. The van der Waals surface area contributed by atoms with Gasteiger partial charge < -0.3 is 23.6 Å². The van der Waals surface area contributed by atoms with E-state index in [2.05, 4.69) is 16.8 Å². The summed E-state index contributed by atoms with van der Waals surface area (Å²) in [6.07, 6.45) is 4.55. The van der Waals surface area contributed by atoms with Crippen molar-refractivity contribution >= 4 is 38.7 Å². The summed E-state index contributed by atoms with van der Waals surface area (Å²) >= 11 is 0. The minimum Gasteiger partial charge on any atom is -0.444 e. The Hall–Kier alpha value is -5.44. The Bertz CT molecular complexity index is 2520. The fourth-order valence-corrected chi connectivity index (χ4v) is 9.11. The summed E-state index contributed by atoms with van der Waals surface area (Å²) in [6.45, 7) is 15.2. The molecule has 57 heavy (non-hydrogen) atoms. The lowest BCUT2D eigenvalue weighted by atomic mass is 9.79. The van der Waals surface area contributed by atoms with E-state index < -0.39 is 15.6 Å². The number of rotatable bonds is 11. The molecule has 3 aromatic heterocycles.